The molecule has 1 aliphatic rings. The minimum atomic E-state index is -4.40. The predicted molar refractivity (Wildman–Crippen MR) is 83.0 cm³/mol. The molecular formula is C17H23F3N2O. The fraction of sp³-hybridized carbons (Fsp3) is 0.588. The van der Waals surface area contributed by atoms with Crippen LogP contribution >= 0.6 is 0 Å². The van der Waals surface area contributed by atoms with Gasteiger partial charge in [-0.05, 0) is 64.9 Å². The van der Waals surface area contributed by atoms with E-state index in [4.69, 9.17) is 0 Å². The molecule has 1 N–H and O–H groups in total. The van der Waals surface area contributed by atoms with E-state index in [9.17, 15) is 18.0 Å². The molecule has 128 valence electrons. The fourth-order valence-electron chi connectivity index (χ4n) is 3.01. The molecule has 6 heteroatoms. The Hall–Kier alpha value is -1.56. The molecule has 1 heterocycles. The van der Waals surface area contributed by atoms with Crippen LogP contribution in [0.15, 0.2) is 18.2 Å². The van der Waals surface area contributed by atoms with Crippen molar-refractivity contribution in [1.29, 1.82) is 0 Å². The van der Waals surface area contributed by atoms with E-state index in [1.54, 1.807) is 26.8 Å². The van der Waals surface area contributed by atoms with E-state index in [-0.39, 0.29) is 11.9 Å². The van der Waals surface area contributed by atoms with Crippen LogP contribution in [-0.2, 0) is 16.5 Å². The number of nitrogens with one attached hydrogen (secondary N) is 1. The summed E-state index contributed by atoms with van der Waals surface area (Å²) in [6.45, 7) is 5.95. The number of alkyl halides is 3. The maximum atomic E-state index is 13.0. The first-order valence-corrected chi connectivity index (χ1v) is 7.72. The molecule has 2 rings (SSSR count). The second-order valence-corrected chi connectivity index (χ2v) is 6.84. The lowest BCUT2D eigenvalue weighted by Crippen LogP contribution is -2.49. The summed E-state index contributed by atoms with van der Waals surface area (Å²) in [7, 11) is 1.89. The van der Waals surface area contributed by atoms with Crippen molar-refractivity contribution in [3.63, 3.8) is 0 Å². The van der Waals surface area contributed by atoms with Crippen molar-refractivity contribution in [1.82, 2.24) is 10.2 Å². The molecule has 0 saturated carbocycles. The second kappa shape index (κ2) is 6.15. The first-order chi connectivity index (χ1) is 10.5. The van der Waals surface area contributed by atoms with Gasteiger partial charge < -0.3 is 5.32 Å². The molecule has 0 radical (unpaired) electrons. The smallest absolute Gasteiger partial charge is 0.346 e. The summed E-state index contributed by atoms with van der Waals surface area (Å²) in [5.74, 6) is -0.134. The number of hydrogen-bond acceptors (Lipinski definition) is 2. The van der Waals surface area contributed by atoms with Crippen LogP contribution < -0.4 is 5.32 Å². The van der Waals surface area contributed by atoms with E-state index in [2.05, 4.69) is 5.32 Å². The number of amides is 1. The quantitative estimate of drug-likeness (QED) is 0.921. The Morgan fingerprint density at radius 2 is 1.83 bits per heavy atom. The largest absolute Gasteiger partial charge is 0.416 e. The van der Waals surface area contributed by atoms with Gasteiger partial charge in [0.15, 0.2) is 0 Å². The number of carbonyl (C=O) groups is 1. The third kappa shape index (κ3) is 4.05. The van der Waals surface area contributed by atoms with Crippen LogP contribution in [0.25, 0.3) is 0 Å². The van der Waals surface area contributed by atoms with Crippen LogP contribution in [0.2, 0.25) is 0 Å². The molecule has 1 aliphatic heterocycles. The number of likely N-dealkylation sites (N-methyl/N-ethyl adjacent to an activating group) is 1. The van der Waals surface area contributed by atoms with E-state index < -0.39 is 17.3 Å². The van der Waals surface area contributed by atoms with E-state index >= 15 is 0 Å². The SMILES string of the molecule is Cc1cc(C(F)(F)F)cc(C(C)(C)NC(=O)[C@@H]2CCCN2C)c1. The van der Waals surface area contributed by atoms with Gasteiger partial charge in [0.1, 0.15) is 0 Å². The Morgan fingerprint density at radius 3 is 2.35 bits per heavy atom. The van der Waals surface area contributed by atoms with Gasteiger partial charge >= 0.3 is 6.18 Å². The molecule has 0 bridgehead atoms. The lowest BCUT2D eigenvalue weighted by molar-refractivity contribution is -0.137. The molecule has 1 saturated heterocycles. The summed E-state index contributed by atoms with van der Waals surface area (Å²) >= 11 is 0. The number of nitrogens with zero attached hydrogens (tertiary/aromatic N) is 1. The molecule has 0 unspecified atom stereocenters. The van der Waals surface area contributed by atoms with Crippen molar-refractivity contribution < 1.29 is 18.0 Å². The lowest BCUT2D eigenvalue weighted by Gasteiger charge is -2.31. The summed E-state index contributed by atoms with van der Waals surface area (Å²) < 4.78 is 39.0. The molecular weight excluding hydrogens is 305 g/mol. The Bertz CT molecular complexity index is 596. The van der Waals surface area contributed by atoms with E-state index in [1.807, 2.05) is 11.9 Å². The first-order valence-electron chi connectivity index (χ1n) is 7.72. The molecule has 23 heavy (non-hydrogen) atoms. The highest BCUT2D eigenvalue weighted by molar-refractivity contribution is 5.82. The van der Waals surface area contributed by atoms with Crippen LogP contribution in [0.5, 0.6) is 0 Å². The van der Waals surface area contributed by atoms with Crippen LogP contribution in [-0.4, -0.2) is 30.4 Å². The normalized spacial score (nSPS) is 19.9. The zero-order valence-electron chi connectivity index (χ0n) is 13.9. The van der Waals surface area contributed by atoms with Crippen LogP contribution in [0.1, 0.15) is 43.4 Å². The summed E-state index contributed by atoms with van der Waals surface area (Å²) in [6, 6.07) is 3.72. The van der Waals surface area contributed by atoms with Gasteiger partial charge in [0, 0.05) is 0 Å². The van der Waals surface area contributed by atoms with Crippen molar-refractivity contribution in [2.75, 3.05) is 13.6 Å². The van der Waals surface area contributed by atoms with Gasteiger partial charge in [-0.3, -0.25) is 9.69 Å². The van der Waals surface area contributed by atoms with E-state index in [0.717, 1.165) is 31.5 Å². The maximum Gasteiger partial charge on any atom is 0.416 e. The molecule has 1 aromatic rings. The highest BCUT2D eigenvalue weighted by atomic mass is 19.4. The molecule has 1 atom stereocenters. The molecule has 1 amide bonds. The zero-order valence-corrected chi connectivity index (χ0v) is 13.9. The highest BCUT2D eigenvalue weighted by Gasteiger charge is 2.35. The van der Waals surface area contributed by atoms with Crippen LogP contribution in [0, 0.1) is 6.92 Å². The third-order valence-electron chi connectivity index (χ3n) is 4.39. The maximum absolute atomic E-state index is 13.0. The summed E-state index contributed by atoms with van der Waals surface area (Å²) in [6.07, 6.45) is -2.66. The Kier molecular flexibility index (Phi) is 4.76. The summed E-state index contributed by atoms with van der Waals surface area (Å²) in [4.78, 5) is 14.4. The minimum absolute atomic E-state index is 0.134. The molecule has 0 aromatic heterocycles. The summed E-state index contributed by atoms with van der Waals surface area (Å²) in [5, 5.41) is 2.90. The van der Waals surface area contributed by atoms with Gasteiger partial charge in [-0.1, -0.05) is 11.6 Å². The number of carbonyl (C=O) groups excluding carboxylic acids is 1. The van der Waals surface area contributed by atoms with Gasteiger partial charge in [0.25, 0.3) is 0 Å². The van der Waals surface area contributed by atoms with Crippen molar-refractivity contribution in [2.45, 2.75) is 51.4 Å². The number of benzene rings is 1. The number of hydrogen-bond donors (Lipinski definition) is 1. The molecule has 3 nitrogen and oxygen atoms in total. The molecule has 1 aromatic carbocycles. The molecule has 0 spiro atoms. The van der Waals surface area contributed by atoms with Crippen LogP contribution in [0.4, 0.5) is 13.2 Å². The molecule has 1 fully saturated rings. The van der Waals surface area contributed by atoms with Gasteiger partial charge in [-0.2, -0.15) is 13.2 Å². The van der Waals surface area contributed by atoms with Crippen molar-refractivity contribution in [3.05, 3.63) is 34.9 Å². The zero-order chi connectivity index (χ0) is 17.4. The topological polar surface area (TPSA) is 32.3 Å². The van der Waals surface area contributed by atoms with E-state index in [1.165, 1.54) is 0 Å². The number of halogens is 3. The highest BCUT2D eigenvalue weighted by Crippen LogP contribution is 2.33. The third-order valence-corrected chi connectivity index (χ3v) is 4.39. The minimum Gasteiger partial charge on any atom is -0.346 e. The van der Waals surface area contributed by atoms with Crippen molar-refractivity contribution in [3.8, 4) is 0 Å². The average molecular weight is 328 g/mol. The number of aryl methyl sites for hydroxylation is 1. The number of likely N-dealkylation sites (tertiary alicyclic amines) is 1. The van der Waals surface area contributed by atoms with Gasteiger partial charge in [-0.25, -0.2) is 0 Å². The van der Waals surface area contributed by atoms with Gasteiger partial charge in [0.05, 0.1) is 17.1 Å². The average Bonchev–Trinajstić information content (AvgIpc) is 2.83. The van der Waals surface area contributed by atoms with Crippen molar-refractivity contribution >= 4 is 5.91 Å². The molecule has 0 aliphatic carbocycles. The first kappa shape index (κ1) is 17.8. The van der Waals surface area contributed by atoms with E-state index in [0.29, 0.717) is 11.1 Å². The van der Waals surface area contributed by atoms with Crippen LogP contribution in [0.3, 0.4) is 0 Å². The second-order valence-electron chi connectivity index (χ2n) is 6.84. The number of rotatable bonds is 3. The summed E-state index contributed by atoms with van der Waals surface area (Å²) in [5.41, 5.74) is -0.575. The Balaban J connectivity index is 2.25. The predicted octanol–water partition coefficient (Wildman–Crippen LogP) is 3.46. The fourth-order valence-corrected chi connectivity index (χ4v) is 3.01. The monoisotopic (exact) mass is 328 g/mol. The lowest BCUT2D eigenvalue weighted by atomic mass is 9.90. The Morgan fingerprint density at radius 1 is 1.22 bits per heavy atom. The van der Waals surface area contributed by atoms with Gasteiger partial charge in [-0.15, -0.1) is 0 Å². The standard InChI is InChI=1S/C17H23F3N2O/c1-11-8-12(10-13(9-11)17(18,19)20)16(2,3)21-15(23)14-6-5-7-22(14)4/h8-10,14H,5-7H2,1-4H3,(H,21,23)/t14-/m0/s1. The van der Waals surface area contributed by atoms with Gasteiger partial charge in [0.2, 0.25) is 5.91 Å². The van der Waals surface area contributed by atoms with Crippen molar-refractivity contribution in [2.24, 2.45) is 0 Å². The Labute approximate surface area is 134 Å².